The SMILES string of the molecule is CCN(c1ncnc(NC)c1[N+](=O)[O-])C1CCCC1. The van der Waals surface area contributed by atoms with Crippen molar-refractivity contribution in [3.05, 3.63) is 16.4 Å². The number of nitro groups is 1. The summed E-state index contributed by atoms with van der Waals surface area (Å²) in [6.45, 7) is 2.72. The second kappa shape index (κ2) is 5.81. The lowest BCUT2D eigenvalue weighted by atomic mass is 10.2. The Morgan fingerprint density at radius 3 is 2.68 bits per heavy atom. The molecule has 0 amide bonds. The van der Waals surface area contributed by atoms with Crippen LogP contribution in [0.5, 0.6) is 0 Å². The molecule has 1 aromatic heterocycles. The van der Waals surface area contributed by atoms with E-state index < -0.39 is 4.92 Å². The van der Waals surface area contributed by atoms with E-state index in [1.165, 1.54) is 19.2 Å². The van der Waals surface area contributed by atoms with Gasteiger partial charge in [0.2, 0.25) is 11.6 Å². The summed E-state index contributed by atoms with van der Waals surface area (Å²) in [6.07, 6.45) is 5.89. The molecule has 0 bridgehead atoms. The topological polar surface area (TPSA) is 84.2 Å². The molecule has 1 saturated carbocycles. The number of nitrogens with zero attached hydrogens (tertiary/aromatic N) is 4. The first-order valence-corrected chi connectivity index (χ1v) is 6.62. The summed E-state index contributed by atoms with van der Waals surface area (Å²) in [5.41, 5.74) is -0.0289. The van der Waals surface area contributed by atoms with Crippen LogP contribution in [0.4, 0.5) is 17.3 Å². The lowest BCUT2D eigenvalue weighted by Gasteiger charge is -2.28. The highest BCUT2D eigenvalue weighted by molar-refractivity contribution is 5.70. The van der Waals surface area contributed by atoms with Crippen LogP contribution in [0.2, 0.25) is 0 Å². The van der Waals surface area contributed by atoms with E-state index in [9.17, 15) is 10.1 Å². The molecule has 1 N–H and O–H groups in total. The number of hydrogen-bond acceptors (Lipinski definition) is 6. The maximum atomic E-state index is 11.3. The largest absolute Gasteiger partial charge is 0.367 e. The van der Waals surface area contributed by atoms with Crippen LogP contribution in [0.15, 0.2) is 6.33 Å². The van der Waals surface area contributed by atoms with Crippen LogP contribution in [0, 0.1) is 10.1 Å². The molecule has 0 aliphatic heterocycles. The maximum absolute atomic E-state index is 11.3. The van der Waals surface area contributed by atoms with Gasteiger partial charge < -0.3 is 10.2 Å². The summed E-state index contributed by atoms with van der Waals surface area (Å²) in [6, 6.07) is 0.350. The molecule has 0 spiro atoms. The number of hydrogen-bond donors (Lipinski definition) is 1. The zero-order chi connectivity index (χ0) is 13.8. The van der Waals surface area contributed by atoms with E-state index >= 15 is 0 Å². The van der Waals surface area contributed by atoms with Crippen LogP contribution in [-0.4, -0.2) is 34.5 Å². The molecule has 0 atom stereocenters. The molecular weight excluding hydrogens is 246 g/mol. The van der Waals surface area contributed by atoms with Gasteiger partial charge in [0.05, 0.1) is 4.92 Å². The van der Waals surface area contributed by atoms with Gasteiger partial charge in [-0.3, -0.25) is 10.1 Å². The van der Waals surface area contributed by atoms with Crippen molar-refractivity contribution in [2.24, 2.45) is 0 Å². The normalized spacial score (nSPS) is 15.5. The Balaban J connectivity index is 2.43. The summed E-state index contributed by atoms with van der Waals surface area (Å²) >= 11 is 0. The second-order valence-corrected chi connectivity index (χ2v) is 4.63. The van der Waals surface area contributed by atoms with E-state index in [2.05, 4.69) is 15.3 Å². The molecule has 1 aromatic rings. The third-order valence-corrected chi connectivity index (χ3v) is 3.60. The Morgan fingerprint density at radius 1 is 1.47 bits per heavy atom. The third kappa shape index (κ3) is 2.59. The van der Waals surface area contributed by atoms with Crippen molar-refractivity contribution in [1.29, 1.82) is 0 Å². The summed E-state index contributed by atoms with van der Waals surface area (Å²) in [4.78, 5) is 21.0. The molecule has 0 saturated heterocycles. The van der Waals surface area contributed by atoms with Gasteiger partial charge in [0.25, 0.3) is 0 Å². The van der Waals surface area contributed by atoms with Crippen molar-refractivity contribution in [2.75, 3.05) is 23.8 Å². The van der Waals surface area contributed by atoms with Crippen molar-refractivity contribution < 1.29 is 4.92 Å². The number of nitrogens with one attached hydrogen (secondary N) is 1. The zero-order valence-electron chi connectivity index (χ0n) is 11.3. The standard InChI is InChI=1S/C12H19N5O2/c1-3-16(9-6-4-5-7-9)12-10(17(18)19)11(13-2)14-8-15-12/h8-9H,3-7H2,1-2H3,(H,13,14,15). The molecule has 0 aromatic carbocycles. The molecule has 1 fully saturated rings. The Hall–Kier alpha value is -1.92. The highest BCUT2D eigenvalue weighted by Crippen LogP contribution is 2.35. The van der Waals surface area contributed by atoms with Crippen LogP contribution in [0.1, 0.15) is 32.6 Å². The minimum atomic E-state index is -0.404. The van der Waals surface area contributed by atoms with Gasteiger partial charge in [0.1, 0.15) is 6.33 Å². The van der Waals surface area contributed by atoms with Gasteiger partial charge in [-0.1, -0.05) is 12.8 Å². The van der Waals surface area contributed by atoms with Crippen molar-refractivity contribution in [3.8, 4) is 0 Å². The third-order valence-electron chi connectivity index (χ3n) is 3.60. The minimum Gasteiger partial charge on any atom is -0.367 e. The van der Waals surface area contributed by atoms with Crippen molar-refractivity contribution in [1.82, 2.24) is 9.97 Å². The summed E-state index contributed by atoms with van der Waals surface area (Å²) < 4.78 is 0. The number of rotatable bonds is 5. The predicted molar refractivity (Wildman–Crippen MR) is 73.5 cm³/mol. The summed E-state index contributed by atoms with van der Waals surface area (Å²) in [5.74, 6) is 0.699. The molecule has 1 heterocycles. The Labute approximate surface area is 112 Å². The van der Waals surface area contributed by atoms with E-state index in [0.29, 0.717) is 18.4 Å². The van der Waals surface area contributed by atoms with Crippen LogP contribution in [0.25, 0.3) is 0 Å². The molecule has 1 aliphatic carbocycles. The molecule has 7 heteroatoms. The van der Waals surface area contributed by atoms with Crippen LogP contribution in [-0.2, 0) is 0 Å². The first-order chi connectivity index (χ1) is 9.19. The molecule has 0 unspecified atom stereocenters. The lowest BCUT2D eigenvalue weighted by molar-refractivity contribution is -0.383. The Morgan fingerprint density at radius 2 is 2.16 bits per heavy atom. The number of aromatic nitrogens is 2. The monoisotopic (exact) mass is 265 g/mol. The highest BCUT2D eigenvalue weighted by Gasteiger charge is 2.30. The Kier molecular flexibility index (Phi) is 4.13. The molecule has 7 nitrogen and oxygen atoms in total. The van der Waals surface area contributed by atoms with Crippen LogP contribution < -0.4 is 10.2 Å². The van der Waals surface area contributed by atoms with Crippen LogP contribution >= 0.6 is 0 Å². The average Bonchev–Trinajstić information content (AvgIpc) is 2.93. The fourth-order valence-electron chi connectivity index (χ4n) is 2.73. The van der Waals surface area contributed by atoms with Gasteiger partial charge >= 0.3 is 5.69 Å². The fourth-order valence-corrected chi connectivity index (χ4v) is 2.73. The molecule has 2 rings (SSSR count). The first kappa shape index (κ1) is 13.5. The van der Waals surface area contributed by atoms with Crippen LogP contribution in [0.3, 0.4) is 0 Å². The smallest absolute Gasteiger partial charge is 0.353 e. The van der Waals surface area contributed by atoms with Gasteiger partial charge in [-0.25, -0.2) is 9.97 Å². The van der Waals surface area contributed by atoms with E-state index in [4.69, 9.17) is 0 Å². The van der Waals surface area contributed by atoms with Crippen molar-refractivity contribution >= 4 is 17.3 Å². The highest BCUT2D eigenvalue weighted by atomic mass is 16.6. The molecule has 1 aliphatic rings. The predicted octanol–water partition coefficient (Wildman–Crippen LogP) is 2.20. The van der Waals surface area contributed by atoms with Crippen molar-refractivity contribution in [2.45, 2.75) is 38.6 Å². The molecule has 0 radical (unpaired) electrons. The molecular formula is C12H19N5O2. The minimum absolute atomic E-state index is 0.0289. The Bertz CT molecular complexity index is 459. The molecule has 104 valence electrons. The first-order valence-electron chi connectivity index (χ1n) is 6.62. The van der Waals surface area contributed by atoms with Gasteiger partial charge in [-0.05, 0) is 19.8 Å². The second-order valence-electron chi connectivity index (χ2n) is 4.63. The quantitative estimate of drug-likeness (QED) is 0.649. The van der Waals surface area contributed by atoms with E-state index in [1.807, 2.05) is 11.8 Å². The summed E-state index contributed by atoms with van der Waals surface area (Å²) in [5, 5.41) is 14.1. The summed E-state index contributed by atoms with van der Waals surface area (Å²) in [7, 11) is 1.63. The van der Waals surface area contributed by atoms with Gasteiger partial charge in [-0.2, -0.15) is 0 Å². The molecule has 19 heavy (non-hydrogen) atoms. The maximum Gasteiger partial charge on any atom is 0.353 e. The van der Waals surface area contributed by atoms with E-state index in [-0.39, 0.29) is 11.5 Å². The zero-order valence-corrected chi connectivity index (χ0v) is 11.3. The number of anilines is 2. The van der Waals surface area contributed by atoms with Gasteiger partial charge in [0.15, 0.2) is 0 Å². The average molecular weight is 265 g/mol. The fraction of sp³-hybridized carbons (Fsp3) is 0.667. The van der Waals surface area contributed by atoms with Gasteiger partial charge in [-0.15, -0.1) is 0 Å². The van der Waals surface area contributed by atoms with Gasteiger partial charge in [0, 0.05) is 19.6 Å². The van der Waals surface area contributed by atoms with Crippen molar-refractivity contribution in [3.63, 3.8) is 0 Å². The lowest BCUT2D eigenvalue weighted by Crippen LogP contribution is -2.34. The van der Waals surface area contributed by atoms with E-state index in [1.54, 1.807) is 7.05 Å². The van der Waals surface area contributed by atoms with E-state index in [0.717, 1.165) is 12.8 Å².